The smallest absolute Gasteiger partial charge is 0.152 e. The Morgan fingerprint density at radius 3 is 2.79 bits per heavy atom. The number of benzene rings is 1. The number of halogens is 2. The van der Waals surface area contributed by atoms with Gasteiger partial charge in [-0.1, -0.05) is 22.0 Å². The van der Waals surface area contributed by atoms with Crippen LogP contribution in [0.4, 0.5) is 0 Å². The van der Waals surface area contributed by atoms with Gasteiger partial charge in [0.25, 0.3) is 0 Å². The van der Waals surface area contributed by atoms with E-state index in [0.717, 1.165) is 16.0 Å². The summed E-state index contributed by atoms with van der Waals surface area (Å²) in [6.07, 6.45) is 0. The lowest BCUT2D eigenvalue weighted by atomic mass is 10.0. The predicted molar refractivity (Wildman–Crippen MR) is 65.6 cm³/mol. The minimum absolute atomic E-state index is 0.0409. The highest BCUT2D eigenvalue weighted by Gasteiger charge is 2.16. The molecule has 1 unspecified atom stereocenters. The lowest BCUT2D eigenvalue weighted by Gasteiger charge is -2.11. The quantitative estimate of drug-likeness (QED) is 0.663. The number of thiol groups is 1. The minimum atomic E-state index is -0.559. The summed E-state index contributed by atoms with van der Waals surface area (Å²) in [7, 11) is 0. The van der Waals surface area contributed by atoms with Crippen LogP contribution >= 0.6 is 40.2 Å². The van der Waals surface area contributed by atoms with E-state index in [4.69, 9.17) is 11.6 Å². The molecule has 0 radical (unpaired) electrons. The highest BCUT2D eigenvalue weighted by molar-refractivity contribution is 9.08. The summed E-state index contributed by atoms with van der Waals surface area (Å²) >= 11 is 13.6. The fourth-order valence-electron chi connectivity index (χ4n) is 1.17. The number of Topliss-reactive ketones (excluding diaryl/α,β-unsaturated/α-hetero) is 1. The number of alkyl halides is 2. The fourth-order valence-corrected chi connectivity index (χ4v) is 2.10. The SMILES string of the molecule is CC(=O)C(Cl)c1ccc(S)cc1CBr. The first-order valence-electron chi connectivity index (χ1n) is 4.08. The normalized spacial score (nSPS) is 12.6. The zero-order chi connectivity index (χ0) is 10.7. The largest absolute Gasteiger partial charge is 0.298 e. The van der Waals surface area contributed by atoms with Crippen LogP contribution in [0.25, 0.3) is 0 Å². The number of carbonyl (C=O) groups excluding carboxylic acids is 1. The monoisotopic (exact) mass is 292 g/mol. The Morgan fingerprint density at radius 1 is 1.64 bits per heavy atom. The second kappa shape index (κ2) is 5.19. The second-order valence-corrected chi connectivity index (χ2v) is 4.50. The molecule has 0 aliphatic carbocycles. The maximum atomic E-state index is 11.1. The fraction of sp³-hybridized carbons (Fsp3) is 0.300. The molecule has 1 rings (SSSR count). The number of rotatable bonds is 3. The molecule has 0 saturated carbocycles. The summed E-state index contributed by atoms with van der Waals surface area (Å²) in [5.41, 5.74) is 1.86. The standard InChI is InChI=1S/C10H10BrClOS/c1-6(13)10(12)9-3-2-8(14)4-7(9)5-11/h2-4,10,14H,5H2,1H3. The van der Waals surface area contributed by atoms with Crippen LogP contribution in [0.5, 0.6) is 0 Å². The van der Waals surface area contributed by atoms with Gasteiger partial charge in [-0.05, 0) is 30.2 Å². The molecule has 0 amide bonds. The van der Waals surface area contributed by atoms with Crippen LogP contribution in [0.15, 0.2) is 23.1 Å². The Hall–Kier alpha value is 0.01000. The Bertz CT molecular complexity index is 354. The Kier molecular flexibility index (Phi) is 4.48. The predicted octanol–water partition coefficient (Wildman–Crippen LogP) is 3.74. The van der Waals surface area contributed by atoms with Crippen molar-refractivity contribution >= 4 is 45.9 Å². The molecule has 0 aliphatic heterocycles. The third-order valence-electron chi connectivity index (χ3n) is 1.90. The van der Waals surface area contributed by atoms with Crippen molar-refractivity contribution < 1.29 is 4.79 Å². The zero-order valence-corrected chi connectivity index (χ0v) is 10.9. The van der Waals surface area contributed by atoms with Crippen LogP contribution in [0.1, 0.15) is 23.4 Å². The van der Waals surface area contributed by atoms with Gasteiger partial charge in [0.1, 0.15) is 5.38 Å². The van der Waals surface area contributed by atoms with Gasteiger partial charge in [-0.25, -0.2) is 0 Å². The molecule has 76 valence electrons. The van der Waals surface area contributed by atoms with Gasteiger partial charge in [0.2, 0.25) is 0 Å². The molecule has 0 aromatic heterocycles. The average molecular weight is 294 g/mol. The van der Waals surface area contributed by atoms with Crippen molar-refractivity contribution in [1.82, 2.24) is 0 Å². The van der Waals surface area contributed by atoms with Crippen LogP contribution in [-0.4, -0.2) is 5.78 Å². The summed E-state index contributed by atoms with van der Waals surface area (Å²) in [4.78, 5) is 12.0. The molecule has 4 heteroatoms. The van der Waals surface area contributed by atoms with Crippen molar-refractivity contribution in [2.24, 2.45) is 0 Å². The van der Waals surface area contributed by atoms with Gasteiger partial charge >= 0.3 is 0 Å². The second-order valence-electron chi connectivity index (χ2n) is 2.99. The summed E-state index contributed by atoms with van der Waals surface area (Å²) in [5, 5.41) is 0.115. The van der Waals surface area contributed by atoms with E-state index in [1.165, 1.54) is 6.92 Å². The first kappa shape index (κ1) is 12.1. The van der Waals surface area contributed by atoms with Crippen molar-refractivity contribution in [3.05, 3.63) is 29.3 Å². The van der Waals surface area contributed by atoms with Crippen LogP contribution in [0.2, 0.25) is 0 Å². The zero-order valence-electron chi connectivity index (χ0n) is 7.63. The van der Waals surface area contributed by atoms with Crippen LogP contribution in [0, 0.1) is 0 Å². The van der Waals surface area contributed by atoms with Crippen LogP contribution < -0.4 is 0 Å². The molecule has 0 heterocycles. The molecule has 0 aliphatic rings. The summed E-state index contributed by atoms with van der Waals surface area (Å²) in [5.74, 6) is -0.0409. The Labute approximate surface area is 102 Å². The minimum Gasteiger partial charge on any atom is -0.298 e. The number of ketones is 1. The molecule has 14 heavy (non-hydrogen) atoms. The van der Waals surface area contributed by atoms with Gasteiger partial charge in [-0.2, -0.15) is 0 Å². The molecule has 1 nitrogen and oxygen atoms in total. The maximum Gasteiger partial charge on any atom is 0.152 e. The van der Waals surface area contributed by atoms with E-state index in [1.807, 2.05) is 18.2 Å². The third-order valence-corrected chi connectivity index (χ3v) is 3.33. The molecule has 0 N–H and O–H groups in total. The molecule has 0 spiro atoms. The number of hydrogen-bond acceptors (Lipinski definition) is 2. The summed E-state index contributed by atoms with van der Waals surface area (Å²) in [6.45, 7) is 1.49. The van der Waals surface area contributed by atoms with Crippen LogP contribution in [-0.2, 0) is 10.1 Å². The number of carbonyl (C=O) groups is 1. The van der Waals surface area contributed by atoms with Crippen molar-refractivity contribution in [3.8, 4) is 0 Å². The lowest BCUT2D eigenvalue weighted by molar-refractivity contribution is -0.116. The van der Waals surface area contributed by atoms with E-state index in [1.54, 1.807) is 0 Å². The Balaban J connectivity index is 3.13. The van der Waals surface area contributed by atoms with E-state index >= 15 is 0 Å². The van der Waals surface area contributed by atoms with E-state index in [2.05, 4.69) is 28.6 Å². The van der Waals surface area contributed by atoms with Crippen LogP contribution in [0.3, 0.4) is 0 Å². The molecule has 0 saturated heterocycles. The van der Waals surface area contributed by atoms with Gasteiger partial charge in [-0.3, -0.25) is 4.79 Å². The molecule has 1 atom stereocenters. The summed E-state index contributed by atoms with van der Waals surface area (Å²) < 4.78 is 0. The molecule has 0 fully saturated rings. The molecule has 1 aromatic rings. The average Bonchev–Trinajstić information content (AvgIpc) is 2.16. The van der Waals surface area contributed by atoms with Gasteiger partial charge in [0.15, 0.2) is 5.78 Å². The summed E-state index contributed by atoms with van der Waals surface area (Å²) in [6, 6.07) is 5.59. The maximum absolute atomic E-state index is 11.1. The molecule has 0 bridgehead atoms. The topological polar surface area (TPSA) is 17.1 Å². The molecular weight excluding hydrogens is 284 g/mol. The first-order valence-corrected chi connectivity index (χ1v) is 6.09. The van der Waals surface area contributed by atoms with E-state index in [-0.39, 0.29) is 5.78 Å². The van der Waals surface area contributed by atoms with E-state index in [9.17, 15) is 4.79 Å². The van der Waals surface area contributed by atoms with Crippen molar-refractivity contribution in [2.75, 3.05) is 0 Å². The van der Waals surface area contributed by atoms with Crippen molar-refractivity contribution in [3.63, 3.8) is 0 Å². The highest BCUT2D eigenvalue weighted by atomic mass is 79.9. The molecular formula is C10H10BrClOS. The lowest BCUT2D eigenvalue weighted by Crippen LogP contribution is -2.04. The van der Waals surface area contributed by atoms with Crippen molar-refractivity contribution in [2.45, 2.75) is 22.5 Å². The highest BCUT2D eigenvalue weighted by Crippen LogP contribution is 2.28. The van der Waals surface area contributed by atoms with Gasteiger partial charge in [0, 0.05) is 10.2 Å². The van der Waals surface area contributed by atoms with E-state index in [0.29, 0.717) is 5.33 Å². The Morgan fingerprint density at radius 2 is 2.29 bits per heavy atom. The first-order chi connectivity index (χ1) is 6.56. The van der Waals surface area contributed by atoms with Gasteiger partial charge in [0.05, 0.1) is 0 Å². The van der Waals surface area contributed by atoms with Gasteiger partial charge < -0.3 is 0 Å². The van der Waals surface area contributed by atoms with Gasteiger partial charge in [-0.15, -0.1) is 24.2 Å². The van der Waals surface area contributed by atoms with E-state index < -0.39 is 5.38 Å². The van der Waals surface area contributed by atoms with Crippen molar-refractivity contribution in [1.29, 1.82) is 0 Å². The third kappa shape index (κ3) is 2.75. The molecule has 1 aromatic carbocycles. The number of hydrogen-bond donors (Lipinski definition) is 1.